The molecule has 92 valence electrons. The Labute approximate surface area is 99.8 Å². The molecule has 1 aliphatic heterocycles. The van der Waals surface area contributed by atoms with E-state index >= 15 is 0 Å². The molecule has 1 amide bonds. The average Bonchev–Trinajstić information content (AvgIpc) is 2.37. The molecule has 17 heavy (non-hydrogen) atoms. The molecule has 2 rings (SSSR count). The minimum absolute atomic E-state index is 0.233. The van der Waals surface area contributed by atoms with Gasteiger partial charge in [0, 0.05) is 31.7 Å². The number of carbonyl (C=O) groups excluding carboxylic acids is 1. The standard InChI is InChI=1S/C12H16FN3O/c13-11-3-1-2-10(8-11)12(17)15-9-16-6-4-14-5-7-16/h1-3,8,14H,4-7,9H2,(H,15,17). The highest BCUT2D eigenvalue weighted by atomic mass is 19.1. The highest BCUT2D eigenvalue weighted by Crippen LogP contribution is 2.03. The number of piperazine rings is 1. The van der Waals surface area contributed by atoms with E-state index in [1.165, 1.54) is 18.2 Å². The van der Waals surface area contributed by atoms with E-state index in [0.29, 0.717) is 12.2 Å². The zero-order valence-electron chi connectivity index (χ0n) is 9.58. The second-order valence-electron chi connectivity index (χ2n) is 4.04. The predicted octanol–water partition coefficient (Wildman–Crippen LogP) is 0.418. The Morgan fingerprint density at radius 1 is 1.41 bits per heavy atom. The minimum Gasteiger partial charge on any atom is -0.339 e. The Morgan fingerprint density at radius 3 is 2.88 bits per heavy atom. The van der Waals surface area contributed by atoms with E-state index in [-0.39, 0.29) is 11.7 Å². The summed E-state index contributed by atoms with van der Waals surface area (Å²) in [6.07, 6.45) is 0. The Morgan fingerprint density at radius 2 is 2.18 bits per heavy atom. The summed E-state index contributed by atoms with van der Waals surface area (Å²) in [5.41, 5.74) is 0.361. The Bertz CT molecular complexity index is 391. The quantitative estimate of drug-likeness (QED) is 0.800. The molecular weight excluding hydrogens is 221 g/mol. The maximum atomic E-state index is 12.9. The second kappa shape index (κ2) is 5.75. The molecule has 1 saturated heterocycles. The van der Waals surface area contributed by atoms with Crippen molar-refractivity contribution < 1.29 is 9.18 Å². The molecule has 0 atom stereocenters. The summed E-state index contributed by atoms with van der Waals surface area (Å²) in [4.78, 5) is 13.9. The van der Waals surface area contributed by atoms with E-state index in [1.807, 2.05) is 0 Å². The summed E-state index contributed by atoms with van der Waals surface area (Å²) in [6, 6.07) is 5.71. The van der Waals surface area contributed by atoms with Crippen molar-refractivity contribution in [2.45, 2.75) is 0 Å². The molecule has 0 unspecified atom stereocenters. The fourth-order valence-electron chi connectivity index (χ4n) is 1.78. The van der Waals surface area contributed by atoms with Gasteiger partial charge in [-0.05, 0) is 18.2 Å². The maximum Gasteiger partial charge on any atom is 0.252 e. The highest BCUT2D eigenvalue weighted by molar-refractivity contribution is 5.94. The van der Waals surface area contributed by atoms with Crippen LogP contribution in [0.3, 0.4) is 0 Å². The molecule has 1 fully saturated rings. The van der Waals surface area contributed by atoms with Crippen molar-refractivity contribution in [2.75, 3.05) is 32.8 Å². The molecule has 1 aromatic carbocycles. The van der Waals surface area contributed by atoms with Gasteiger partial charge >= 0.3 is 0 Å². The monoisotopic (exact) mass is 237 g/mol. The van der Waals surface area contributed by atoms with Gasteiger partial charge in [0.25, 0.3) is 5.91 Å². The van der Waals surface area contributed by atoms with Crippen LogP contribution in [0.25, 0.3) is 0 Å². The SMILES string of the molecule is O=C(NCN1CCNCC1)c1cccc(F)c1. The molecule has 2 N–H and O–H groups in total. The van der Waals surface area contributed by atoms with Crippen LogP contribution >= 0.6 is 0 Å². The van der Waals surface area contributed by atoms with Gasteiger partial charge in [0.15, 0.2) is 0 Å². The first-order valence-corrected chi connectivity index (χ1v) is 5.72. The molecule has 0 radical (unpaired) electrons. The topological polar surface area (TPSA) is 44.4 Å². The molecule has 5 heteroatoms. The van der Waals surface area contributed by atoms with Gasteiger partial charge in [0.1, 0.15) is 5.82 Å². The maximum absolute atomic E-state index is 12.9. The van der Waals surface area contributed by atoms with E-state index in [9.17, 15) is 9.18 Å². The van der Waals surface area contributed by atoms with E-state index in [0.717, 1.165) is 26.2 Å². The smallest absolute Gasteiger partial charge is 0.252 e. The van der Waals surface area contributed by atoms with Crippen LogP contribution in [0.4, 0.5) is 4.39 Å². The molecule has 0 spiro atoms. The molecule has 0 aliphatic carbocycles. The van der Waals surface area contributed by atoms with Gasteiger partial charge in [0.2, 0.25) is 0 Å². The van der Waals surface area contributed by atoms with Gasteiger partial charge in [-0.15, -0.1) is 0 Å². The van der Waals surface area contributed by atoms with Gasteiger partial charge in [-0.25, -0.2) is 4.39 Å². The Hall–Kier alpha value is -1.46. The number of halogens is 1. The van der Waals surface area contributed by atoms with Crippen molar-refractivity contribution in [3.05, 3.63) is 35.6 Å². The normalized spacial score (nSPS) is 16.8. The lowest BCUT2D eigenvalue weighted by Gasteiger charge is -2.27. The molecule has 1 aliphatic rings. The molecular formula is C12H16FN3O. The van der Waals surface area contributed by atoms with Crippen molar-refractivity contribution in [1.82, 2.24) is 15.5 Å². The van der Waals surface area contributed by atoms with Crippen LogP contribution in [0.2, 0.25) is 0 Å². The van der Waals surface area contributed by atoms with E-state index < -0.39 is 0 Å². The summed E-state index contributed by atoms with van der Waals surface area (Å²) in [6.45, 7) is 4.23. The van der Waals surface area contributed by atoms with Crippen LogP contribution in [-0.4, -0.2) is 43.7 Å². The molecule has 0 saturated carbocycles. The lowest BCUT2D eigenvalue weighted by atomic mass is 10.2. The number of hydrogen-bond acceptors (Lipinski definition) is 3. The lowest BCUT2D eigenvalue weighted by Crippen LogP contribution is -2.48. The molecule has 1 aromatic rings. The molecule has 1 heterocycles. The third kappa shape index (κ3) is 3.51. The van der Waals surface area contributed by atoms with Gasteiger partial charge < -0.3 is 10.6 Å². The lowest BCUT2D eigenvalue weighted by molar-refractivity contribution is 0.0917. The van der Waals surface area contributed by atoms with Crippen LogP contribution in [0.5, 0.6) is 0 Å². The van der Waals surface area contributed by atoms with Gasteiger partial charge in [-0.1, -0.05) is 6.07 Å². The molecule has 0 bridgehead atoms. The fraction of sp³-hybridized carbons (Fsp3) is 0.417. The summed E-state index contributed by atoms with van der Waals surface area (Å²) in [5, 5.41) is 6.03. The van der Waals surface area contributed by atoms with Crippen LogP contribution < -0.4 is 10.6 Å². The van der Waals surface area contributed by atoms with Crippen molar-refractivity contribution in [1.29, 1.82) is 0 Å². The first-order valence-electron chi connectivity index (χ1n) is 5.72. The third-order valence-electron chi connectivity index (χ3n) is 2.76. The average molecular weight is 237 g/mol. The fourth-order valence-corrected chi connectivity index (χ4v) is 1.78. The van der Waals surface area contributed by atoms with Crippen LogP contribution in [0.1, 0.15) is 10.4 Å². The van der Waals surface area contributed by atoms with Gasteiger partial charge in [-0.3, -0.25) is 9.69 Å². The van der Waals surface area contributed by atoms with Crippen LogP contribution in [0.15, 0.2) is 24.3 Å². The van der Waals surface area contributed by atoms with Crippen LogP contribution in [-0.2, 0) is 0 Å². The van der Waals surface area contributed by atoms with Crippen molar-refractivity contribution in [3.63, 3.8) is 0 Å². The van der Waals surface area contributed by atoms with Crippen molar-refractivity contribution >= 4 is 5.91 Å². The van der Waals surface area contributed by atoms with Gasteiger partial charge in [0.05, 0.1) is 6.67 Å². The first kappa shape index (κ1) is 12.0. The summed E-state index contributed by atoms with van der Waals surface area (Å²) in [5.74, 6) is -0.622. The van der Waals surface area contributed by atoms with Crippen molar-refractivity contribution in [3.8, 4) is 0 Å². The number of hydrogen-bond donors (Lipinski definition) is 2. The highest BCUT2D eigenvalue weighted by Gasteiger charge is 2.11. The largest absolute Gasteiger partial charge is 0.339 e. The van der Waals surface area contributed by atoms with E-state index in [1.54, 1.807) is 6.07 Å². The summed E-state index contributed by atoms with van der Waals surface area (Å²) < 4.78 is 12.9. The number of rotatable bonds is 3. The van der Waals surface area contributed by atoms with Gasteiger partial charge in [-0.2, -0.15) is 0 Å². The number of nitrogens with one attached hydrogen (secondary N) is 2. The Balaban J connectivity index is 1.84. The molecule has 0 aromatic heterocycles. The number of benzene rings is 1. The zero-order chi connectivity index (χ0) is 12.1. The first-order chi connectivity index (χ1) is 8.25. The minimum atomic E-state index is -0.389. The number of carbonyl (C=O) groups is 1. The number of nitrogens with zero attached hydrogens (tertiary/aromatic N) is 1. The Kier molecular flexibility index (Phi) is 4.06. The van der Waals surface area contributed by atoms with E-state index in [2.05, 4.69) is 15.5 Å². The zero-order valence-corrected chi connectivity index (χ0v) is 9.58. The predicted molar refractivity (Wildman–Crippen MR) is 63.2 cm³/mol. The summed E-state index contributed by atoms with van der Waals surface area (Å²) in [7, 11) is 0. The van der Waals surface area contributed by atoms with Crippen LogP contribution in [0, 0.1) is 5.82 Å². The second-order valence-corrected chi connectivity index (χ2v) is 4.04. The number of amides is 1. The third-order valence-corrected chi connectivity index (χ3v) is 2.76. The molecule has 4 nitrogen and oxygen atoms in total. The van der Waals surface area contributed by atoms with Crippen molar-refractivity contribution in [2.24, 2.45) is 0 Å². The van der Waals surface area contributed by atoms with E-state index in [4.69, 9.17) is 0 Å². The summed E-state index contributed by atoms with van der Waals surface area (Å²) >= 11 is 0.